The number of thioether (sulfide) groups is 1. The van der Waals surface area contributed by atoms with E-state index in [2.05, 4.69) is 25.0 Å². The van der Waals surface area contributed by atoms with Crippen LogP contribution in [0.5, 0.6) is 11.5 Å². The smallest absolute Gasteiger partial charge is 0.395 e. The summed E-state index contributed by atoms with van der Waals surface area (Å²) in [5.41, 5.74) is 1.12. The molecule has 0 bridgehead atoms. The van der Waals surface area contributed by atoms with Crippen LogP contribution in [0, 0.1) is 0 Å². The van der Waals surface area contributed by atoms with E-state index in [0.717, 1.165) is 5.69 Å². The highest BCUT2D eigenvalue weighted by Crippen LogP contribution is 2.42. The molecule has 1 aliphatic heterocycles. The van der Waals surface area contributed by atoms with Crippen molar-refractivity contribution in [3.05, 3.63) is 53.3 Å². The van der Waals surface area contributed by atoms with Crippen molar-refractivity contribution < 1.29 is 23.0 Å². The number of ether oxygens (including phenoxy) is 2. The Morgan fingerprint density at radius 3 is 2.58 bits per heavy atom. The number of rotatable bonds is 7. The molecule has 2 aromatic carbocycles. The molecule has 1 aliphatic rings. The van der Waals surface area contributed by atoms with Gasteiger partial charge < -0.3 is 14.8 Å². The molecule has 2 heterocycles. The van der Waals surface area contributed by atoms with E-state index in [1.54, 1.807) is 12.1 Å². The van der Waals surface area contributed by atoms with E-state index >= 15 is 0 Å². The third-order valence-corrected chi connectivity index (χ3v) is 6.09. The highest BCUT2D eigenvalue weighted by Gasteiger charge is 2.43. The monoisotopic (exact) mass is 495 g/mol. The largest absolute Gasteiger partial charge is 0.586 e. The Bertz CT molecular complexity index is 1170. The Labute approximate surface area is 197 Å². The van der Waals surface area contributed by atoms with Crippen LogP contribution in [-0.4, -0.2) is 51.7 Å². The average Bonchev–Trinajstić information content (AvgIpc) is 3.31. The molecule has 0 aliphatic carbocycles. The highest BCUT2D eigenvalue weighted by molar-refractivity contribution is 7.99. The molecule has 1 amide bonds. The minimum Gasteiger partial charge on any atom is -0.395 e. The molecular weight excluding hydrogens is 476 g/mol. The van der Waals surface area contributed by atoms with E-state index in [1.165, 1.54) is 30.0 Å². The van der Waals surface area contributed by atoms with E-state index < -0.39 is 6.29 Å². The van der Waals surface area contributed by atoms with Crippen LogP contribution in [0.15, 0.2) is 47.6 Å². The number of carbonyl (C=O) groups excluding carboxylic acids is 1. The SMILES string of the molecule is CC(c1nnc(SCC(=O)Nc2ccc3c(c2)OC(F)(F)O3)n1-c1ccc(Cl)cc1)N(C)C. The van der Waals surface area contributed by atoms with E-state index in [1.807, 2.05) is 42.6 Å². The van der Waals surface area contributed by atoms with Crippen LogP contribution in [0.4, 0.5) is 14.5 Å². The molecule has 8 nitrogen and oxygen atoms in total. The fourth-order valence-corrected chi connectivity index (χ4v) is 3.95. The molecule has 0 spiro atoms. The van der Waals surface area contributed by atoms with Crippen molar-refractivity contribution in [3.8, 4) is 17.2 Å². The standard InChI is InChI=1S/C21H20ClF2N5O3S/c1-12(28(2)3)19-26-27-20(29(19)15-7-4-13(22)5-8-15)33-11-18(30)25-14-6-9-16-17(10-14)32-21(23,24)31-16/h4-10,12H,11H2,1-3H3,(H,25,30). The maximum Gasteiger partial charge on any atom is 0.586 e. The number of benzene rings is 2. The van der Waals surface area contributed by atoms with Gasteiger partial charge in [0.15, 0.2) is 22.5 Å². The lowest BCUT2D eigenvalue weighted by atomic mass is 10.2. The number of anilines is 1. The number of halogens is 3. The van der Waals surface area contributed by atoms with Gasteiger partial charge in [-0.05, 0) is 57.4 Å². The van der Waals surface area contributed by atoms with Crippen molar-refractivity contribution in [3.63, 3.8) is 0 Å². The van der Waals surface area contributed by atoms with Gasteiger partial charge in [-0.25, -0.2) is 0 Å². The first-order valence-corrected chi connectivity index (χ1v) is 11.2. The highest BCUT2D eigenvalue weighted by atomic mass is 35.5. The summed E-state index contributed by atoms with van der Waals surface area (Å²) in [6.07, 6.45) is -3.71. The molecule has 1 atom stereocenters. The van der Waals surface area contributed by atoms with Gasteiger partial charge in [0.25, 0.3) is 0 Å². The van der Waals surface area contributed by atoms with Gasteiger partial charge in [0, 0.05) is 22.5 Å². The number of hydrogen-bond acceptors (Lipinski definition) is 7. The number of amides is 1. The summed E-state index contributed by atoms with van der Waals surface area (Å²) in [6.45, 7) is 2.00. The Morgan fingerprint density at radius 1 is 1.18 bits per heavy atom. The van der Waals surface area contributed by atoms with Gasteiger partial charge in [-0.1, -0.05) is 23.4 Å². The van der Waals surface area contributed by atoms with Crippen molar-refractivity contribution >= 4 is 35.0 Å². The summed E-state index contributed by atoms with van der Waals surface area (Å²) >= 11 is 7.23. The number of alkyl halides is 2. The second-order valence-corrected chi connectivity index (χ2v) is 8.84. The number of nitrogens with one attached hydrogen (secondary N) is 1. The topological polar surface area (TPSA) is 81.5 Å². The van der Waals surface area contributed by atoms with Crippen LogP contribution in [-0.2, 0) is 4.79 Å². The number of carbonyl (C=O) groups is 1. The molecule has 3 aromatic rings. The summed E-state index contributed by atoms with van der Waals surface area (Å²) in [6, 6.07) is 11.3. The molecule has 0 saturated heterocycles. The molecule has 0 saturated carbocycles. The van der Waals surface area contributed by atoms with Gasteiger partial charge in [-0.15, -0.1) is 19.0 Å². The molecule has 1 aromatic heterocycles. The zero-order chi connectivity index (χ0) is 23.8. The quantitative estimate of drug-likeness (QED) is 0.480. The third kappa shape index (κ3) is 5.21. The van der Waals surface area contributed by atoms with E-state index in [-0.39, 0.29) is 29.2 Å². The molecule has 4 rings (SSSR count). The van der Waals surface area contributed by atoms with Crippen molar-refractivity contribution in [2.75, 3.05) is 25.2 Å². The van der Waals surface area contributed by atoms with E-state index in [9.17, 15) is 13.6 Å². The Kier molecular flexibility index (Phi) is 6.46. The molecule has 0 radical (unpaired) electrons. The zero-order valence-electron chi connectivity index (χ0n) is 17.9. The number of nitrogens with zero attached hydrogens (tertiary/aromatic N) is 4. The molecule has 1 N–H and O–H groups in total. The fraction of sp³-hybridized carbons (Fsp3) is 0.286. The molecule has 1 unspecified atom stereocenters. The van der Waals surface area contributed by atoms with Crippen LogP contribution >= 0.6 is 23.4 Å². The van der Waals surface area contributed by atoms with Crippen LogP contribution in [0.2, 0.25) is 5.02 Å². The van der Waals surface area contributed by atoms with Crippen LogP contribution < -0.4 is 14.8 Å². The number of hydrogen-bond donors (Lipinski definition) is 1. The molecule has 12 heteroatoms. The summed E-state index contributed by atoms with van der Waals surface area (Å²) < 4.78 is 37.0. The first-order chi connectivity index (χ1) is 15.6. The lowest BCUT2D eigenvalue weighted by molar-refractivity contribution is -0.286. The Morgan fingerprint density at radius 2 is 1.88 bits per heavy atom. The summed E-state index contributed by atoms with van der Waals surface area (Å²) in [5, 5.41) is 12.4. The van der Waals surface area contributed by atoms with Crippen LogP contribution in [0.3, 0.4) is 0 Å². The summed E-state index contributed by atoms with van der Waals surface area (Å²) in [5.74, 6) is 0.147. The zero-order valence-corrected chi connectivity index (χ0v) is 19.5. The first-order valence-electron chi connectivity index (χ1n) is 9.83. The second-order valence-electron chi connectivity index (χ2n) is 7.46. The maximum atomic E-state index is 13.2. The lowest BCUT2D eigenvalue weighted by Crippen LogP contribution is -2.25. The number of fused-ring (bicyclic) bond motifs is 1. The van der Waals surface area contributed by atoms with Gasteiger partial charge in [0.1, 0.15) is 0 Å². The van der Waals surface area contributed by atoms with Gasteiger partial charge >= 0.3 is 6.29 Å². The number of aromatic nitrogens is 3. The Balaban J connectivity index is 1.49. The van der Waals surface area contributed by atoms with Crippen molar-refractivity contribution in [1.29, 1.82) is 0 Å². The normalized spacial score (nSPS) is 15.0. The van der Waals surface area contributed by atoms with Crippen LogP contribution in [0.25, 0.3) is 5.69 Å². The lowest BCUT2D eigenvalue weighted by Gasteiger charge is -2.20. The van der Waals surface area contributed by atoms with Crippen molar-refractivity contribution in [2.45, 2.75) is 24.4 Å². The van der Waals surface area contributed by atoms with Crippen molar-refractivity contribution in [2.24, 2.45) is 0 Å². The predicted octanol–water partition coefficient (Wildman–Crippen LogP) is 4.60. The minimum atomic E-state index is -3.71. The van der Waals surface area contributed by atoms with Gasteiger partial charge in [0.2, 0.25) is 5.91 Å². The molecule has 0 fully saturated rings. The minimum absolute atomic E-state index is 0.0205. The Hall–Kier alpha value is -2.89. The fourth-order valence-electron chi connectivity index (χ4n) is 3.06. The van der Waals surface area contributed by atoms with E-state index in [0.29, 0.717) is 21.7 Å². The molecule has 174 valence electrons. The van der Waals surface area contributed by atoms with Gasteiger partial charge in [-0.3, -0.25) is 14.3 Å². The van der Waals surface area contributed by atoms with Crippen LogP contribution in [0.1, 0.15) is 18.8 Å². The average molecular weight is 496 g/mol. The second kappa shape index (κ2) is 9.16. The molecular formula is C21H20ClF2N5O3S. The van der Waals surface area contributed by atoms with Crippen molar-refractivity contribution in [1.82, 2.24) is 19.7 Å². The van der Waals surface area contributed by atoms with Gasteiger partial charge in [0.05, 0.1) is 11.8 Å². The molecule has 33 heavy (non-hydrogen) atoms. The summed E-state index contributed by atoms with van der Waals surface area (Å²) in [7, 11) is 3.88. The van der Waals surface area contributed by atoms with Gasteiger partial charge in [-0.2, -0.15) is 0 Å². The summed E-state index contributed by atoms with van der Waals surface area (Å²) in [4.78, 5) is 14.5. The van der Waals surface area contributed by atoms with E-state index in [4.69, 9.17) is 11.6 Å². The first kappa shape index (κ1) is 23.3. The maximum absolute atomic E-state index is 13.2. The third-order valence-electron chi connectivity index (χ3n) is 4.91. The predicted molar refractivity (Wildman–Crippen MR) is 120 cm³/mol.